The smallest absolute Gasteiger partial charge is 0.340 e. The van der Waals surface area contributed by atoms with E-state index in [0.29, 0.717) is 4.90 Å². The summed E-state index contributed by atoms with van der Waals surface area (Å²) in [4.78, 5) is 35.8. The molecule has 1 heterocycles. The highest BCUT2D eigenvalue weighted by atomic mass is 19.3. The van der Waals surface area contributed by atoms with Crippen LogP contribution in [0.25, 0.3) is 0 Å². The van der Waals surface area contributed by atoms with Crippen molar-refractivity contribution in [3.8, 4) is 5.75 Å². The number of ether oxygens (including phenoxy) is 1. The Morgan fingerprint density at radius 2 is 1.64 bits per heavy atom. The number of rotatable bonds is 6. The summed E-state index contributed by atoms with van der Waals surface area (Å²) < 4.78 is 55.3. The first-order chi connectivity index (χ1) is 13.1. The molecular weight excluding hydrogens is 388 g/mol. The van der Waals surface area contributed by atoms with Gasteiger partial charge in [0.2, 0.25) is 0 Å². The second-order valence-corrected chi connectivity index (χ2v) is 5.78. The summed E-state index contributed by atoms with van der Waals surface area (Å²) in [6.07, 6.45) is -4.00. The van der Waals surface area contributed by atoms with Crippen LogP contribution in [0, 0.1) is 10.1 Å². The summed E-state index contributed by atoms with van der Waals surface area (Å²) in [6, 6.07) is 8.31. The van der Waals surface area contributed by atoms with Crippen LogP contribution >= 0.6 is 0 Å². The molecule has 0 saturated heterocycles. The highest BCUT2D eigenvalue weighted by molar-refractivity contribution is 6.34. The topological polar surface area (TPSA) is 89.8 Å². The van der Waals surface area contributed by atoms with E-state index in [-0.39, 0.29) is 16.8 Å². The van der Waals surface area contributed by atoms with Crippen LogP contribution in [0.1, 0.15) is 20.7 Å². The van der Waals surface area contributed by atoms with Crippen LogP contribution in [0.3, 0.4) is 0 Å². The highest BCUT2D eigenvalue weighted by Crippen LogP contribution is 2.34. The zero-order valence-corrected chi connectivity index (χ0v) is 13.8. The first kappa shape index (κ1) is 19.3. The molecule has 2 aromatic rings. The van der Waals surface area contributed by atoms with Crippen molar-refractivity contribution in [1.82, 2.24) is 0 Å². The first-order valence-corrected chi connectivity index (χ1v) is 7.68. The van der Waals surface area contributed by atoms with Gasteiger partial charge in [0.15, 0.2) is 6.61 Å². The van der Waals surface area contributed by atoms with Gasteiger partial charge in [-0.05, 0) is 12.1 Å². The molecule has 7 nitrogen and oxygen atoms in total. The molecule has 2 aromatic carbocycles. The van der Waals surface area contributed by atoms with Crippen LogP contribution in [-0.4, -0.2) is 35.7 Å². The van der Waals surface area contributed by atoms with E-state index in [1.807, 2.05) is 0 Å². The number of alkyl halides is 4. The Labute approximate surface area is 154 Å². The fraction of sp³-hybridized carbons (Fsp3) is 0.176. The maximum atomic E-state index is 13.1. The normalized spacial score (nSPS) is 13.8. The zero-order valence-electron chi connectivity index (χ0n) is 13.8. The largest absolute Gasteiger partial charge is 0.487 e. The molecule has 28 heavy (non-hydrogen) atoms. The van der Waals surface area contributed by atoms with Gasteiger partial charge in [-0.25, -0.2) is 13.7 Å². The van der Waals surface area contributed by atoms with Crippen LogP contribution in [0.4, 0.5) is 28.9 Å². The molecule has 0 aliphatic carbocycles. The van der Waals surface area contributed by atoms with E-state index >= 15 is 0 Å². The average Bonchev–Trinajstić information content (AvgIpc) is 2.91. The van der Waals surface area contributed by atoms with Crippen molar-refractivity contribution in [2.75, 3.05) is 11.5 Å². The number of nitro benzene ring substituents is 1. The number of benzene rings is 2. The van der Waals surface area contributed by atoms with Gasteiger partial charge < -0.3 is 4.74 Å². The van der Waals surface area contributed by atoms with Gasteiger partial charge in [-0.3, -0.25) is 19.7 Å². The number of non-ortho nitro benzene ring substituents is 1. The van der Waals surface area contributed by atoms with E-state index in [1.54, 1.807) is 0 Å². The maximum Gasteiger partial charge on any atom is 0.340 e. The SMILES string of the molecule is O=C1c2ccccc2C(=O)N1c1cc(OCC(F)(F)C(F)F)cc([N+](=O)[O-])c1. The third-order valence-corrected chi connectivity index (χ3v) is 3.89. The molecule has 11 heteroatoms. The molecule has 0 N–H and O–H groups in total. The number of anilines is 1. The minimum Gasteiger partial charge on any atom is -0.487 e. The Bertz CT molecular complexity index is 945. The van der Waals surface area contributed by atoms with E-state index in [9.17, 15) is 37.3 Å². The van der Waals surface area contributed by atoms with Crippen molar-refractivity contribution in [2.45, 2.75) is 12.3 Å². The van der Waals surface area contributed by atoms with Gasteiger partial charge in [0.25, 0.3) is 17.5 Å². The third kappa shape index (κ3) is 3.38. The van der Waals surface area contributed by atoms with Crippen molar-refractivity contribution in [3.63, 3.8) is 0 Å². The number of nitro groups is 1. The Balaban J connectivity index is 1.98. The summed E-state index contributed by atoms with van der Waals surface area (Å²) in [5.41, 5.74) is -0.864. The summed E-state index contributed by atoms with van der Waals surface area (Å²) in [5, 5.41) is 11.1. The van der Waals surface area contributed by atoms with Gasteiger partial charge in [0, 0.05) is 12.1 Å². The van der Waals surface area contributed by atoms with Crippen LogP contribution in [0.5, 0.6) is 5.75 Å². The predicted octanol–water partition coefficient (Wildman–Crippen LogP) is 3.67. The molecule has 0 radical (unpaired) electrons. The summed E-state index contributed by atoms with van der Waals surface area (Å²) >= 11 is 0. The number of fused-ring (bicyclic) bond motifs is 1. The van der Waals surface area contributed by atoms with Gasteiger partial charge in [-0.15, -0.1) is 0 Å². The van der Waals surface area contributed by atoms with E-state index < -0.39 is 47.1 Å². The van der Waals surface area contributed by atoms with E-state index in [1.165, 1.54) is 24.3 Å². The summed E-state index contributed by atoms with van der Waals surface area (Å²) in [7, 11) is 0. The number of imide groups is 1. The minimum absolute atomic E-state index is 0.0608. The number of carbonyl (C=O) groups excluding carboxylic acids is 2. The lowest BCUT2D eigenvalue weighted by Crippen LogP contribution is -2.34. The fourth-order valence-corrected chi connectivity index (χ4v) is 2.55. The average molecular weight is 398 g/mol. The predicted molar refractivity (Wildman–Crippen MR) is 87.1 cm³/mol. The van der Waals surface area contributed by atoms with Crippen LogP contribution in [0.2, 0.25) is 0 Å². The fourth-order valence-electron chi connectivity index (χ4n) is 2.55. The van der Waals surface area contributed by atoms with Crippen molar-refractivity contribution in [2.24, 2.45) is 0 Å². The molecule has 0 unspecified atom stereocenters. The van der Waals surface area contributed by atoms with Crippen molar-refractivity contribution >= 4 is 23.2 Å². The molecule has 0 atom stereocenters. The molecule has 2 amide bonds. The summed E-state index contributed by atoms with van der Waals surface area (Å²) in [6.45, 7) is -1.74. The number of halogens is 4. The van der Waals surface area contributed by atoms with E-state index in [2.05, 4.69) is 4.74 Å². The molecule has 146 valence electrons. The number of hydrogen-bond donors (Lipinski definition) is 0. The highest BCUT2D eigenvalue weighted by Gasteiger charge is 2.42. The molecule has 0 aromatic heterocycles. The standard InChI is InChI=1S/C17H10F4N2O5/c18-16(19)17(20,21)8-28-11-6-9(5-10(7-11)23(26)27)22-14(24)12-3-1-2-4-13(12)15(22)25/h1-7,16H,8H2. The quantitative estimate of drug-likeness (QED) is 0.321. The lowest BCUT2D eigenvalue weighted by Gasteiger charge is -2.18. The molecule has 3 rings (SSSR count). The maximum absolute atomic E-state index is 13.1. The molecular formula is C17H10F4N2O5. The Morgan fingerprint density at radius 3 is 2.14 bits per heavy atom. The van der Waals surface area contributed by atoms with Crippen molar-refractivity contribution in [1.29, 1.82) is 0 Å². The first-order valence-electron chi connectivity index (χ1n) is 7.68. The molecule has 1 aliphatic heterocycles. The molecule has 0 spiro atoms. The van der Waals surface area contributed by atoms with Crippen molar-refractivity contribution < 1.29 is 36.8 Å². The van der Waals surface area contributed by atoms with Gasteiger partial charge in [0.05, 0.1) is 27.8 Å². The Kier molecular flexibility index (Phi) is 4.75. The van der Waals surface area contributed by atoms with E-state index in [0.717, 1.165) is 18.2 Å². The van der Waals surface area contributed by atoms with Gasteiger partial charge in [0.1, 0.15) is 5.75 Å². The monoisotopic (exact) mass is 398 g/mol. The molecule has 0 bridgehead atoms. The van der Waals surface area contributed by atoms with Crippen LogP contribution < -0.4 is 9.64 Å². The molecule has 1 aliphatic rings. The van der Waals surface area contributed by atoms with Crippen LogP contribution in [-0.2, 0) is 0 Å². The number of carbonyl (C=O) groups is 2. The minimum atomic E-state index is -4.49. The van der Waals surface area contributed by atoms with Gasteiger partial charge in [-0.1, -0.05) is 12.1 Å². The Morgan fingerprint density at radius 1 is 1.07 bits per heavy atom. The van der Waals surface area contributed by atoms with Crippen molar-refractivity contribution in [3.05, 3.63) is 63.7 Å². The molecule has 0 fully saturated rings. The van der Waals surface area contributed by atoms with Gasteiger partial charge >= 0.3 is 12.3 Å². The second kappa shape index (κ2) is 6.91. The van der Waals surface area contributed by atoms with E-state index in [4.69, 9.17) is 0 Å². The zero-order chi connectivity index (χ0) is 20.6. The van der Waals surface area contributed by atoms with Gasteiger partial charge in [-0.2, -0.15) is 8.78 Å². The summed E-state index contributed by atoms with van der Waals surface area (Å²) in [5.74, 6) is -6.60. The lowest BCUT2D eigenvalue weighted by atomic mass is 10.1. The lowest BCUT2D eigenvalue weighted by molar-refractivity contribution is -0.384. The molecule has 0 saturated carbocycles. The number of hydrogen-bond acceptors (Lipinski definition) is 5. The Hall–Kier alpha value is -3.50. The number of amides is 2. The third-order valence-electron chi connectivity index (χ3n) is 3.89. The van der Waals surface area contributed by atoms with Crippen LogP contribution in [0.15, 0.2) is 42.5 Å². The second-order valence-electron chi connectivity index (χ2n) is 5.78. The number of nitrogens with zero attached hydrogens (tertiary/aromatic N) is 2.